The number of nitrogens with zero attached hydrogens (tertiary/aromatic N) is 2. The van der Waals surface area contributed by atoms with Gasteiger partial charge in [-0.05, 0) is 12.1 Å². The van der Waals surface area contributed by atoms with Gasteiger partial charge in [-0.3, -0.25) is 14.9 Å². The van der Waals surface area contributed by atoms with E-state index in [0.717, 1.165) is 0 Å². The smallest absolute Gasteiger partial charge is 0.294 e. The summed E-state index contributed by atoms with van der Waals surface area (Å²) in [5.41, 5.74) is 0.402. The largest absolute Gasteiger partial charge is 0.351 e. The maximum Gasteiger partial charge on any atom is 0.294 e. The Bertz CT molecular complexity index is 533. The van der Waals surface area contributed by atoms with Crippen LogP contribution >= 0.6 is 0 Å². The van der Waals surface area contributed by atoms with Gasteiger partial charge in [0.2, 0.25) is 5.76 Å². The minimum absolute atomic E-state index is 0.0392. The molecular weight excluding hydrogens is 226 g/mol. The van der Waals surface area contributed by atoms with Crippen LogP contribution in [0.15, 0.2) is 41.1 Å². The highest BCUT2D eigenvalue weighted by molar-refractivity contribution is 6.02. The lowest BCUT2D eigenvalue weighted by molar-refractivity contribution is -0.384. The van der Waals surface area contributed by atoms with Crippen molar-refractivity contribution in [3.05, 3.63) is 52.4 Å². The molecule has 2 aromatic rings. The van der Waals surface area contributed by atoms with Crippen LogP contribution in [0.4, 0.5) is 11.4 Å². The van der Waals surface area contributed by atoms with Gasteiger partial charge in [-0.1, -0.05) is 5.16 Å². The fourth-order valence-corrected chi connectivity index (χ4v) is 1.19. The molecule has 0 spiro atoms. The third-order valence-corrected chi connectivity index (χ3v) is 2.00. The average molecular weight is 233 g/mol. The van der Waals surface area contributed by atoms with Crippen molar-refractivity contribution in [1.29, 1.82) is 0 Å². The standard InChI is InChI=1S/C10H7N3O4/c14-10(9-5-6-11-17-9)12-7-1-3-8(4-2-7)13(15)16/h1-6H,(H,12,14). The second kappa shape index (κ2) is 4.44. The molecule has 0 aliphatic heterocycles. The molecule has 7 nitrogen and oxygen atoms in total. The van der Waals surface area contributed by atoms with Crippen LogP contribution in [-0.4, -0.2) is 16.0 Å². The molecule has 2 rings (SSSR count). The molecule has 0 aliphatic rings. The lowest BCUT2D eigenvalue weighted by atomic mass is 10.3. The Labute approximate surface area is 95.2 Å². The highest BCUT2D eigenvalue weighted by Gasteiger charge is 2.10. The summed E-state index contributed by atoms with van der Waals surface area (Å²) >= 11 is 0. The molecule has 0 radical (unpaired) electrons. The number of rotatable bonds is 3. The number of amides is 1. The van der Waals surface area contributed by atoms with E-state index in [2.05, 4.69) is 15.0 Å². The molecule has 0 fully saturated rings. The minimum Gasteiger partial charge on any atom is -0.351 e. The molecular formula is C10H7N3O4. The van der Waals surface area contributed by atoms with Gasteiger partial charge in [0.25, 0.3) is 11.6 Å². The highest BCUT2D eigenvalue weighted by Crippen LogP contribution is 2.16. The molecule has 0 saturated heterocycles. The molecule has 86 valence electrons. The van der Waals surface area contributed by atoms with Crippen molar-refractivity contribution < 1.29 is 14.2 Å². The van der Waals surface area contributed by atoms with Crippen LogP contribution in [0.1, 0.15) is 10.6 Å². The molecule has 1 heterocycles. The summed E-state index contributed by atoms with van der Waals surface area (Å²) in [6.45, 7) is 0. The van der Waals surface area contributed by atoms with E-state index in [1.54, 1.807) is 0 Å². The normalized spacial score (nSPS) is 9.88. The monoisotopic (exact) mass is 233 g/mol. The van der Waals surface area contributed by atoms with Crippen LogP contribution < -0.4 is 5.32 Å². The molecule has 1 N–H and O–H groups in total. The summed E-state index contributed by atoms with van der Waals surface area (Å²) in [7, 11) is 0. The lowest BCUT2D eigenvalue weighted by Gasteiger charge is -2.01. The van der Waals surface area contributed by atoms with Crippen molar-refractivity contribution in [2.75, 3.05) is 5.32 Å². The number of nitrogens with one attached hydrogen (secondary N) is 1. The molecule has 7 heteroatoms. The molecule has 0 aliphatic carbocycles. The first-order valence-electron chi connectivity index (χ1n) is 4.63. The Hall–Kier alpha value is -2.70. The van der Waals surface area contributed by atoms with Gasteiger partial charge >= 0.3 is 0 Å². The number of aromatic nitrogens is 1. The first kappa shape index (κ1) is 10.8. The zero-order chi connectivity index (χ0) is 12.3. The summed E-state index contributed by atoms with van der Waals surface area (Å²) in [6.07, 6.45) is 1.35. The molecule has 0 atom stereocenters. The summed E-state index contributed by atoms with van der Waals surface area (Å²) in [5, 5.41) is 16.3. The topological polar surface area (TPSA) is 98.3 Å². The number of nitro benzene ring substituents is 1. The van der Waals surface area contributed by atoms with Crippen LogP contribution in [0, 0.1) is 10.1 Å². The van der Waals surface area contributed by atoms with Crippen LogP contribution in [-0.2, 0) is 0 Å². The molecule has 0 unspecified atom stereocenters. The third-order valence-electron chi connectivity index (χ3n) is 2.00. The van der Waals surface area contributed by atoms with Gasteiger partial charge in [0.1, 0.15) is 0 Å². The van der Waals surface area contributed by atoms with Gasteiger partial charge in [-0.15, -0.1) is 0 Å². The van der Waals surface area contributed by atoms with Crippen LogP contribution in [0.5, 0.6) is 0 Å². The zero-order valence-corrected chi connectivity index (χ0v) is 8.49. The second-order valence-electron chi connectivity index (χ2n) is 3.13. The summed E-state index contributed by atoms with van der Waals surface area (Å²) in [5.74, 6) is -0.389. The van der Waals surface area contributed by atoms with E-state index >= 15 is 0 Å². The van der Waals surface area contributed by atoms with Crippen molar-refractivity contribution in [2.45, 2.75) is 0 Å². The lowest BCUT2D eigenvalue weighted by Crippen LogP contribution is -2.10. The van der Waals surface area contributed by atoms with Crippen molar-refractivity contribution in [2.24, 2.45) is 0 Å². The summed E-state index contributed by atoms with van der Waals surface area (Å²) < 4.78 is 4.66. The van der Waals surface area contributed by atoms with Gasteiger partial charge in [0, 0.05) is 23.9 Å². The van der Waals surface area contributed by atoms with Gasteiger partial charge in [0.05, 0.1) is 11.1 Å². The first-order valence-corrected chi connectivity index (χ1v) is 4.63. The van der Waals surface area contributed by atoms with Gasteiger partial charge in [-0.2, -0.15) is 0 Å². The second-order valence-corrected chi connectivity index (χ2v) is 3.13. The third kappa shape index (κ3) is 2.46. The van der Waals surface area contributed by atoms with Gasteiger partial charge in [-0.25, -0.2) is 0 Å². The van der Waals surface area contributed by atoms with Crippen molar-refractivity contribution in [1.82, 2.24) is 5.16 Å². The van der Waals surface area contributed by atoms with Gasteiger partial charge in [0.15, 0.2) is 0 Å². The number of anilines is 1. The van der Waals surface area contributed by atoms with Crippen LogP contribution in [0.3, 0.4) is 0 Å². The van der Waals surface area contributed by atoms with E-state index in [0.29, 0.717) is 5.69 Å². The van der Waals surface area contributed by atoms with Crippen LogP contribution in [0.25, 0.3) is 0 Å². The van der Waals surface area contributed by atoms with Gasteiger partial charge < -0.3 is 9.84 Å². The molecule has 1 aromatic heterocycles. The fraction of sp³-hybridized carbons (Fsp3) is 0. The Kier molecular flexibility index (Phi) is 2.82. The predicted molar refractivity (Wildman–Crippen MR) is 57.6 cm³/mol. The molecule has 0 bridgehead atoms. The van der Waals surface area contributed by atoms with Crippen LogP contribution in [0.2, 0.25) is 0 Å². The summed E-state index contributed by atoms with van der Waals surface area (Å²) in [4.78, 5) is 21.4. The first-order chi connectivity index (χ1) is 8.16. The molecule has 1 amide bonds. The minimum atomic E-state index is -0.512. The van der Waals surface area contributed by atoms with Crippen molar-refractivity contribution in [3.63, 3.8) is 0 Å². The van der Waals surface area contributed by atoms with E-state index in [1.165, 1.54) is 36.5 Å². The number of nitro groups is 1. The SMILES string of the molecule is O=C(Nc1ccc([N+](=O)[O-])cc1)c1ccno1. The quantitative estimate of drug-likeness (QED) is 0.644. The number of benzene rings is 1. The van der Waals surface area contributed by atoms with Crippen molar-refractivity contribution >= 4 is 17.3 Å². The Morgan fingerprint density at radius 1 is 1.29 bits per heavy atom. The zero-order valence-electron chi connectivity index (χ0n) is 8.49. The Morgan fingerprint density at radius 3 is 2.53 bits per heavy atom. The number of hydrogen-bond acceptors (Lipinski definition) is 5. The number of carbonyl (C=O) groups is 1. The van der Waals surface area contributed by atoms with E-state index in [1.807, 2.05) is 0 Å². The molecule has 17 heavy (non-hydrogen) atoms. The fourth-order valence-electron chi connectivity index (χ4n) is 1.19. The Balaban J connectivity index is 2.09. The predicted octanol–water partition coefficient (Wildman–Crippen LogP) is 1.84. The van der Waals surface area contributed by atoms with E-state index in [-0.39, 0.29) is 11.4 Å². The highest BCUT2D eigenvalue weighted by atomic mass is 16.6. The summed E-state index contributed by atoms with van der Waals surface area (Å²) in [6, 6.07) is 6.89. The van der Waals surface area contributed by atoms with E-state index in [4.69, 9.17) is 0 Å². The number of carbonyl (C=O) groups excluding carboxylic acids is 1. The molecule has 1 aromatic carbocycles. The maximum atomic E-state index is 11.5. The molecule has 0 saturated carbocycles. The maximum absolute atomic E-state index is 11.5. The Morgan fingerprint density at radius 2 is 2.00 bits per heavy atom. The van der Waals surface area contributed by atoms with Crippen molar-refractivity contribution in [3.8, 4) is 0 Å². The number of hydrogen-bond donors (Lipinski definition) is 1. The average Bonchev–Trinajstić information content (AvgIpc) is 2.83. The number of non-ortho nitro benzene ring substituents is 1. The van der Waals surface area contributed by atoms with E-state index < -0.39 is 10.8 Å². The van der Waals surface area contributed by atoms with E-state index in [9.17, 15) is 14.9 Å².